The van der Waals surface area contributed by atoms with Gasteiger partial charge in [0.1, 0.15) is 0 Å². The van der Waals surface area contributed by atoms with Gasteiger partial charge in [0.2, 0.25) is 0 Å². The molecule has 0 aliphatic carbocycles. The minimum absolute atomic E-state index is 0.411. The van der Waals surface area contributed by atoms with Crippen molar-refractivity contribution in [3.8, 4) is 0 Å². The molecule has 1 aromatic heterocycles. The van der Waals surface area contributed by atoms with Gasteiger partial charge in [0.25, 0.3) is 0 Å². The normalized spacial score (nSPS) is 12.2. The number of hydrogen-bond donors (Lipinski definition) is 2. The summed E-state index contributed by atoms with van der Waals surface area (Å²) in [5, 5.41) is 11.3. The molecule has 0 aliphatic heterocycles. The number of aryl methyl sites for hydroxylation is 1. The summed E-state index contributed by atoms with van der Waals surface area (Å²) in [5.74, 6) is 0. The lowest BCUT2D eigenvalue weighted by molar-refractivity contribution is 0.629. The van der Waals surface area contributed by atoms with Gasteiger partial charge in [0, 0.05) is 19.3 Å². The van der Waals surface area contributed by atoms with Crippen molar-refractivity contribution in [3.05, 3.63) is 18.0 Å². The van der Waals surface area contributed by atoms with Crippen molar-refractivity contribution in [2.75, 3.05) is 0 Å². The molecule has 1 aromatic rings. The highest BCUT2D eigenvalue weighted by molar-refractivity contribution is 7.80. The van der Waals surface area contributed by atoms with Crippen LogP contribution in [0.25, 0.3) is 0 Å². The quantitative estimate of drug-likeness (QED) is 0.757. The number of aromatic nitrogens is 2. The Morgan fingerprint density at radius 2 is 2.40 bits per heavy atom. The molecule has 1 atom stereocenters. The predicted molar refractivity (Wildman–Crippen MR) is 65.5 cm³/mol. The second-order valence-corrected chi connectivity index (χ2v) is 4.03. The number of thiocarbonyl (C=S) groups is 1. The number of rotatable bonds is 4. The Morgan fingerprint density at radius 3 is 2.93 bits per heavy atom. The summed E-state index contributed by atoms with van der Waals surface area (Å²) in [6, 6.07) is 2.38. The lowest BCUT2D eigenvalue weighted by Crippen LogP contribution is -2.39. The van der Waals surface area contributed by atoms with E-state index >= 15 is 0 Å². The number of nitrogens with zero attached hydrogens (tertiary/aromatic N) is 2. The lowest BCUT2D eigenvalue weighted by atomic mass is 10.3. The Kier molecular flexibility index (Phi) is 4.55. The van der Waals surface area contributed by atoms with Gasteiger partial charge in [-0.15, -0.1) is 0 Å². The molecule has 1 rings (SSSR count). The molecule has 4 nitrogen and oxygen atoms in total. The Balaban J connectivity index is 2.28. The summed E-state index contributed by atoms with van der Waals surface area (Å²) in [5.41, 5.74) is 0.991. The number of hydrogen-bond acceptors (Lipinski definition) is 2. The van der Waals surface area contributed by atoms with E-state index in [0.717, 1.165) is 12.1 Å². The van der Waals surface area contributed by atoms with Crippen LogP contribution in [0.4, 0.5) is 0 Å². The van der Waals surface area contributed by atoms with E-state index in [1.54, 1.807) is 4.68 Å². The molecule has 1 heterocycles. The van der Waals surface area contributed by atoms with Crippen molar-refractivity contribution in [1.29, 1.82) is 0 Å². The zero-order valence-corrected chi connectivity index (χ0v) is 10.3. The van der Waals surface area contributed by atoms with Crippen LogP contribution >= 0.6 is 12.2 Å². The highest BCUT2D eigenvalue weighted by Crippen LogP contribution is 1.93. The maximum absolute atomic E-state index is 5.15. The molecule has 0 fully saturated rings. The summed E-state index contributed by atoms with van der Waals surface area (Å²) in [4.78, 5) is 0. The molecule has 2 N–H and O–H groups in total. The smallest absolute Gasteiger partial charge is 0.166 e. The van der Waals surface area contributed by atoms with E-state index in [2.05, 4.69) is 29.6 Å². The molecule has 15 heavy (non-hydrogen) atoms. The molecule has 0 saturated heterocycles. The zero-order chi connectivity index (χ0) is 11.3. The monoisotopic (exact) mass is 226 g/mol. The van der Waals surface area contributed by atoms with E-state index in [-0.39, 0.29) is 0 Å². The molecule has 0 bridgehead atoms. The maximum atomic E-state index is 5.15. The standard InChI is InChI=1S/C10H18N4S/c1-4-8(2)12-10(15)11-7-9-5-6-14(3)13-9/h5-6,8H,4,7H2,1-3H3,(H2,11,12,15). The molecule has 1 unspecified atom stereocenters. The third-order valence-electron chi connectivity index (χ3n) is 2.19. The van der Waals surface area contributed by atoms with Crippen LogP contribution in [0, 0.1) is 0 Å². The second kappa shape index (κ2) is 5.70. The molecule has 5 heteroatoms. The average molecular weight is 226 g/mol. The van der Waals surface area contributed by atoms with Crippen molar-refractivity contribution in [2.24, 2.45) is 7.05 Å². The van der Waals surface area contributed by atoms with Crippen molar-refractivity contribution >= 4 is 17.3 Å². The molecule has 84 valence electrons. The molecular weight excluding hydrogens is 208 g/mol. The van der Waals surface area contributed by atoms with Crippen molar-refractivity contribution in [1.82, 2.24) is 20.4 Å². The highest BCUT2D eigenvalue weighted by Gasteiger charge is 2.02. The van der Waals surface area contributed by atoms with E-state index in [1.165, 1.54) is 0 Å². The van der Waals surface area contributed by atoms with E-state index in [0.29, 0.717) is 17.7 Å². The minimum atomic E-state index is 0.411. The summed E-state index contributed by atoms with van der Waals surface area (Å²) >= 11 is 5.15. The first-order valence-electron chi connectivity index (χ1n) is 5.14. The Labute approximate surface area is 96.1 Å². The van der Waals surface area contributed by atoms with E-state index in [1.807, 2.05) is 19.3 Å². The predicted octanol–water partition coefficient (Wildman–Crippen LogP) is 1.18. The minimum Gasteiger partial charge on any atom is -0.360 e. The van der Waals surface area contributed by atoms with Crippen LogP contribution in [0.5, 0.6) is 0 Å². The molecule has 0 aromatic carbocycles. The topological polar surface area (TPSA) is 41.9 Å². The molecule has 0 amide bonds. The zero-order valence-electron chi connectivity index (χ0n) is 9.45. The van der Waals surface area contributed by atoms with Gasteiger partial charge in [-0.2, -0.15) is 5.10 Å². The van der Waals surface area contributed by atoms with Gasteiger partial charge < -0.3 is 10.6 Å². The summed E-state index contributed by atoms with van der Waals surface area (Å²) in [7, 11) is 1.90. The van der Waals surface area contributed by atoms with Gasteiger partial charge in [-0.1, -0.05) is 6.92 Å². The SMILES string of the molecule is CCC(C)NC(=S)NCc1ccn(C)n1. The van der Waals surface area contributed by atoms with Gasteiger partial charge in [-0.05, 0) is 31.6 Å². The van der Waals surface area contributed by atoms with Gasteiger partial charge in [-0.25, -0.2) is 0 Å². The van der Waals surface area contributed by atoms with Crippen molar-refractivity contribution in [2.45, 2.75) is 32.9 Å². The van der Waals surface area contributed by atoms with Crippen molar-refractivity contribution < 1.29 is 0 Å². The van der Waals surface area contributed by atoms with Crippen LogP contribution in [-0.2, 0) is 13.6 Å². The fourth-order valence-corrected chi connectivity index (χ4v) is 1.38. The fraction of sp³-hybridized carbons (Fsp3) is 0.600. The third-order valence-corrected chi connectivity index (χ3v) is 2.45. The van der Waals surface area contributed by atoms with Gasteiger partial charge in [0.05, 0.1) is 12.2 Å². The Hall–Kier alpha value is -1.10. The van der Waals surface area contributed by atoms with Gasteiger partial charge >= 0.3 is 0 Å². The first kappa shape index (κ1) is 12.0. The fourth-order valence-electron chi connectivity index (χ4n) is 1.11. The van der Waals surface area contributed by atoms with Crippen LogP contribution in [0.2, 0.25) is 0 Å². The van der Waals surface area contributed by atoms with Crippen molar-refractivity contribution in [3.63, 3.8) is 0 Å². The Morgan fingerprint density at radius 1 is 1.67 bits per heavy atom. The van der Waals surface area contributed by atoms with E-state index in [9.17, 15) is 0 Å². The molecule has 0 radical (unpaired) electrons. The van der Waals surface area contributed by atoms with Crippen LogP contribution < -0.4 is 10.6 Å². The summed E-state index contributed by atoms with van der Waals surface area (Å²) < 4.78 is 1.78. The Bertz CT molecular complexity index is 321. The molecule has 0 saturated carbocycles. The van der Waals surface area contributed by atoms with Gasteiger partial charge in [-0.3, -0.25) is 4.68 Å². The highest BCUT2D eigenvalue weighted by atomic mass is 32.1. The average Bonchev–Trinajstić information content (AvgIpc) is 2.61. The van der Waals surface area contributed by atoms with Crippen LogP contribution in [0.3, 0.4) is 0 Å². The van der Waals surface area contributed by atoms with E-state index in [4.69, 9.17) is 12.2 Å². The van der Waals surface area contributed by atoms with Crippen LogP contribution in [0.1, 0.15) is 26.0 Å². The van der Waals surface area contributed by atoms with Crippen LogP contribution in [-0.4, -0.2) is 20.9 Å². The van der Waals surface area contributed by atoms with E-state index < -0.39 is 0 Å². The molecule has 0 aliphatic rings. The molecular formula is C10H18N4S. The molecule has 0 spiro atoms. The largest absolute Gasteiger partial charge is 0.360 e. The van der Waals surface area contributed by atoms with Gasteiger partial charge in [0.15, 0.2) is 5.11 Å². The second-order valence-electron chi connectivity index (χ2n) is 3.62. The maximum Gasteiger partial charge on any atom is 0.166 e. The number of nitrogens with one attached hydrogen (secondary N) is 2. The summed E-state index contributed by atoms with van der Waals surface area (Å²) in [6.07, 6.45) is 2.98. The van der Waals surface area contributed by atoms with Crippen LogP contribution in [0.15, 0.2) is 12.3 Å². The first-order valence-corrected chi connectivity index (χ1v) is 5.55. The third kappa shape index (κ3) is 4.29. The lowest BCUT2D eigenvalue weighted by Gasteiger charge is -2.14. The summed E-state index contributed by atoms with van der Waals surface area (Å²) in [6.45, 7) is 4.90. The first-order chi connectivity index (χ1) is 7.11.